The Morgan fingerprint density at radius 3 is 2.33 bits per heavy atom. The molecule has 2 aromatic rings. The summed E-state index contributed by atoms with van der Waals surface area (Å²) < 4.78 is 0. The lowest BCUT2D eigenvalue weighted by Crippen LogP contribution is -2.51. The molecule has 0 saturated carbocycles. The van der Waals surface area contributed by atoms with Gasteiger partial charge < -0.3 is 10.0 Å². The first-order valence-corrected chi connectivity index (χ1v) is 8.23. The van der Waals surface area contributed by atoms with Crippen LogP contribution >= 0.6 is 0 Å². The van der Waals surface area contributed by atoms with E-state index in [0.29, 0.717) is 18.8 Å². The van der Waals surface area contributed by atoms with Crippen LogP contribution in [0.3, 0.4) is 0 Å². The first kappa shape index (κ1) is 16.2. The van der Waals surface area contributed by atoms with Crippen molar-refractivity contribution in [2.24, 2.45) is 5.92 Å². The number of nitrogens with zero attached hydrogens (tertiary/aromatic N) is 1. The molecule has 3 rings (SSSR count). The smallest absolute Gasteiger partial charge is 0.335 e. The Kier molecular flexibility index (Phi) is 4.65. The molecule has 2 aromatic carbocycles. The Labute approximate surface area is 141 Å². The van der Waals surface area contributed by atoms with Crippen LogP contribution in [0.2, 0.25) is 0 Å². The lowest BCUT2D eigenvalue weighted by atomic mass is 9.84. The summed E-state index contributed by atoms with van der Waals surface area (Å²) in [5.41, 5.74) is 2.44. The van der Waals surface area contributed by atoms with Crippen LogP contribution in [0.1, 0.15) is 40.9 Å². The largest absolute Gasteiger partial charge is 0.478 e. The van der Waals surface area contributed by atoms with Gasteiger partial charge in [-0.25, -0.2) is 4.79 Å². The third-order valence-corrected chi connectivity index (χ3v) is 4.65. The van der Waals surface area contributed by atoms with E-state index in [1.165, 1.54) is 5.56 Å². The summed E-state index contributed by atoms with van der Waals surface area (Å²) in [6, 6.07) is 17.1. The van der Waals surface area contributed by atoms with Gasteiger partial charge in [-0.05, 0) is 35.6 Å². The van der Waals surface area contributed by atoms with E-state index >= 15 is 0 Å². The fourth-order valence-electron chi connectivity index (χ4n) is 3.32. The van der Waals surface area contributed by atoms with Crippen molar-refractivity contribution < 1.29 is 14.7 Å². The highest BCUT2D eigenvalue weighted by atomic mass is 16.4. The number of aromatic carboxylic acids is 1. The quantitative estimate of drug-likeness (QED) is 0.915. The predicted molar refractivity (Wildman–Crippen MR) is 91.8 cm³/mol. The minimum absolute atomic E-state index is 0.157. The molecule has 24 heavy (non-hydrogen) atoms. The topological polar surface area (TPSA) is 57.6 Å². The molecule has 0 aromatic heterocycles. The van der Waals surface area contributed by atoms with Gasteiger partial charge in [-0.1, -0.05) is 49.4 Å². The van der Waals surface area contributed by atoms with Gasteiger partial charge in [-0.15, -0.1) is 0 Å². The van der Waals surface area contributed by atoms with E-state index in [1.54, 1.807) is 24.3 Å². The van der Waals surface area contributed by atoms with Crippen LogP contribution in [0.5, 0.6) is 0 Å². The average Bonchev–Trinajstić information content (AvgIpc) is 2.58. The minimum atomic E-state index is -0.933. The number of hydrogen-bond acceptors (Lipinski definition) is 2. The molecule has 1 fully saturated rings. The molecule has 124 valence electrons. The van der Waals surface area contributed by atoms with E-state index < -0.39 is 5.97 Å². The van der Waals surface area contributed by atoms with Gasteiger partial charge in [0.15, 0.2) is 0 Å². The summed E-state index contributed by atoms with van der Waals surface area (Å²) in [5, 5.41) is 8.91. The average molecular weight is 323 g/mol. The van der Waals surface area contributed by atoms with Crippen molar-refractivity contribution >= 4 is 11.9 Å². The summed E-state index contributed by atoms with van der Waals surface area (Å²) >= 11 is 0. The minimum Gasteiger partial charge on any atom is -0.478 e. The third kappa shape index (κ3) is 3.32. The number of carboxylic acid groups (broad SMARTS) is 1. The zero-order valence-corrected chi connectivity index (χ0v) is 13.7. The van der Waals surface area contributed by atoms with Crippen LogP contribution in [-0.2, 0) is 11.2 Å². The molecule has 1 saturated heterocycles. The first-order chi connectivity index (χ1) is 11.6. The van der Waals surface area contributed by atoms with Crippen LogP contribution in [0.25, 0.3) is 0 Å². The molecule has 1 amide bonds. The number of likely N-dealkylation sites (tertiary alicyclic amines) is 1. The number of amides is 1. The van der Waals surface area contributed by atoms with Crippen LogP contribution in [-0.4, -0.2) is 28.4 Å². The van der Waals surface area contributed by atoms with Crippen molar-refractivity contribution in [1.29, 1.82) is 0 Å². The van der Waals surface area contributed by atoms with Gasteiger partial charge in [0.1, 0.15) is 0 Å². The molecule has 0 spiro atoms. The van der Waals surface area contributed by atoms with Crippen LogP contribution in [0.15, 0.2) is 54.6 Å². The zero-order valence-electron chi connectivity index (χ0n) is 13.7. The van der Waals surface area contributed by atoms with Crippen molar-refractivity contribution in [3.8, 4) is 0 Å². The lowest BCUT2D eigenvalue weighted by molar-refractivity contribution is -0.143. The number of benzene rings is 2. The fraction of sp³-hybridized carbons (Fsp3) is 0.300. The monoisotopic (exact) mass is 323 g/mol. The van der Waals surface area contributed by atoms with E-state index in [2.05, 4.69) is 19.1 Å². The van der Waals surface area contributed by atoms with Crippen molar-refractivity contribution in [2.45, 2.75) is 25.8 Å². The van der Waals surface area contributed by atoms with Gasteiger partial charge in [-0.3, -0.25) is 4.79 Å². The molecule has 1 aliphatic heterocycles. The Morgan fingerprint density at radius 2 is 1.75 bits per heavy atom. The molecule has 0 aliphatic carbocycles. The molecule has 2 atom stereocenters. The summed E-state index contributed by atoms with van der Waals surface area (Å²) in [7, 11) is 0. The summed E-state index contributed by atoms with van der Waals surface area (Å²) in [5.74, 6) is -0.298. The highest BCUT2D eigenvalue weighted by molar-refractivity contribution is 5.87. The molecule has 1 aliphatic rings. The molecule has 1 N–H and O–H groups in total. The molecule has 0 radical (unpaired) electrons. The Balaban J connectivity index is 1.60. The zero-order chi connectivity index (χ0) is 17.1. The number of carbonyl (C=O) groups is 2. The maximum atomic E-state index is 12.5. The SMILES string of the molecule is CC1CN(C(=O)CCc2ccc(C(=O)O)cc2)C1c1ccccc1. The van der Waals surface area contributed by atoms with Crippen LogP contribution in [0.4, 0.5) is 0 Å². The van der Waals surface area contributed by atoms with Crippen LogP contribution < -0.4 is 0 Å². The number of carbonyl (C=O) groups excluding carboxylic acids is 1. The van der Waals surface area contributed by atoms with E-state index in [1.807, 2.05) is 23.1 Å². The van der Waals surface area contributed by atoms with Gasteiger partial charge in [0.05, 0.1) is 11.6 Å². The number of hydrogen-bond donors (Lipinski definition) is 1. The summed E-state index contributed by atoms with van der Waals surface area (Å²) in [6.07, 6.45) is 1.08. The van der Waals surface area contributed by atoms with E-state index in [9.17, 15) is 9.59 Å². The van der Waals surface area contributed by atoms with E-state index in [4.69, 9.17) is 5.11 Å². The lowest BCUT2D eigenvalue weighted by Gasteiger charge is -2.47. The normalized spacial score (nSPS) is 19.6. The molecule has 2 unspecified atom stereocenters. The molecule has 1 heterocycles. The maximum Gasteiger partial charge on any atom is 0.335 e. The molecule has 4 heteroatoms. The Morgan fingerprint density at radius 1 is 1.08 bits per heavy atom. The Bertz CT molecular complexity index is 724. The van der Waals surface area contributed by atoms with Gasteiger partial charge in [-0.2, -0.15) is 0 Å². The number of carboxylic acids is 1. The molecular weight excluding hydrogens is 302 g/mol. The highest BCUT2D eigenvalue weighted by Crippen LogP contribution is 2.38. The van der Waals surface area contributed by atoms with Gasteiger partial charge in [0.2, 0.25) is 5.91 Å². The van der Waals surface area contributed by atoms with Crippen LogP contribution in [0, 0.1) is 5.92 Å². The second-order valence-electron chi connectivity index (χ2n) is 6.38. The van der Waals surface area contributed by atoms with Gasteiger partial charge >= 0.3 is 5.97 Å². The summed E-state index contributed by atoms with van der Waals surface area (Å²) in [6.45, 7) is 2.97. The maximum absolute atomic E-state index is 12.5. The number of aryl methyl sites for hydroxylation is 1. The highest BCUT2D eigenvalue weighted by Gasteiger charge is 2.39. The van der Waals surface area contributed by atoms with Crippen molar-refractivity contribution in [3.63, 3.8) is 0 Å². The van der Waals surface area contributed by atoms with Crippen molar-refractivity contribution in [2.75, 3.05) is 6.54 Å². The fourth-order valence-corrected chi connectivity index (χ4v) is 3.32. The van der Waals surface area contributed by atoms with Crippen molar-refractivity contribution in [3.05, 3.63) is 71.3 Å². The van der Waals surface area contributed by atoms with E-state index in [0.717, 1.165) is 12.1 Å². The standard InChI is InChI=1S/C20H21NO3/c1-14-13-21(19(14)16-5-3-2-4-6-16)18(22)12-9-15-7-10-17(11-8-15)20(23)24/h2-8,10-11,14,19H,9,12-13H2,1H3,(H,23,24). The Hall–Kier alpha value is -2.62. The molecule has 4 nitrogen and oxygen atoms in total. The summed E-state index contributed by atoms with van der Waals surface area (Å²) in [4.78, 5) is 25.3. The first-order valence-electron chi connectivity index (χ1n) is 8.23. The van der Waals surface area contributed by atoms with Crippen molar-refractivity contribution in [1.82, 2.24) is 4.90 Å². The molecule has 0 bridgehead atoms. The number of rotatable bonds is 5. The van der Waals surface area contributed by atoms with Gasteiger partial charge in [0.25, 0.3) is 0 Å². The van der Waals surface area contributed by atoms with Gasteiger partial charge in [0, 0.05) is 13.0 Å². The molecular formula is C20H21NO3. The third-order valence-electron chi connectivity index (χ3n) is 4.65. The second kappa shape index (κ2) is 6.87. The van der Waals surface area contributed by atoms with E-state index in [-0.39, 0.29) is 17.5 Å². The second-order valence-corrected chi connectivity index (χ2v) is 6.38. The predicted octanol–water partition coefficient (Wildman–Crippen LogP) is 3.54.